The highest BCUT2D eigenvalue weighted by molar-refractivity contribution is 5.99. The first kappa shape index (κ1) is 16.4. The summed E-state index contributed by atoms with van der Waals surface area (Å²) in [7, 11) is 1.60. The molecule has 0 aliphatic carbocycles. The quantitative estimate of drug-likeness (QED) is 0.792. The average molecular weight is 328 g/mol. The minimum Gasteiger partial charge on any atom is -0.354 e. The Morgan fingerprint density at radius 1 is 1.29 bits per heavy atom. The van der Waals surface area contributed by atoms with Crippen LogP contribution in [0.15, 0.2) is 24.3 Å². The second-order valence-electron chi connectivity index (χ2n) is 7.34. The Hall–Kier alpha value is -2.50. The van der Waals surface area contributed by atoms with E-state index in [-0.39, 0.29) is 23.4 Å². The molecule has 2 aromatic rings. The van der Waals surface area contributed by atoms with Crippen molar-refractivity contribution in [2.24, 2.45) is 5.41 Å². The van der Waals surface area contributed by atoms with Crippen molar-refractivity contribution in [3.05, 3.63) is 30.0 Å². The van der Waals surface area contributed by atoms with Gasteiger partial charge in [0.05, 0.1) is 0 Å². The number of urea groups is 1. The van der Waals surface area contributed by atoms with Crippen LogP contribution in [0.4, 0.5) is 10.5 Å². The van der Waals surface area contributed by atoms with Crippen LogP contribution in [0.1, 0.15) is 37.7 Å². The van der Waals surface area contributed by atoms with E-state index >= 15 is 0 Å². The number of amides is 3. The number of H-pyrrole nitrogens is 1. The Balaban J connectivity index is 1.78. The molecule has 1 aliphatic heterocycles. The highest BCUT2D eigenvalue weighted by Gasteiger charge is 2.37. The van der Waals surface area contributed by atoms with E-state index in [0.717, 1.165) is 29.6 Å². The van der Waals surface area contributed by atoms with Crippen LogP contribution in [-0.2, 0) is 0 Å². The Kier molecular flexibility index (Phi) is 3.99. The number of carbonyl (C=O) groups is 2. The first-order valence-corrected chi connectivity index (χ1v) is 8.21. The van der Waals surface area contributed by atoms with Gasteiger partial charge in [0.15, 0.2) is 0 Å². The van der Waals surface area contributed by atoms with Gasteiger partial charge in [-0.15, -0.1) is 0 Å². The van der Waals surface area contributed by atoms with Gasteiger partial charge in [-0.25, -0.2) is 4.79 Å². The first-order valence-electron chi connectivity index (χ1n) is 8.21. The van der Waals surface area contributed by atoms with Crippen LogP contribution < -0.4 is 10.6 Å². The number of nitrogens with zero attached hydrogens (tertiary/aromatic N) is 1. The van der Waals surface area contributed by atoms with Crippen molar-refractivity contribution in [2.75, 3.05) is 18.9 Å². The van der Waals surface area contributed by atoms with Crippen LogP contribution >= 0.6 is 0 Å². The van der Waals surface area contributed by atoms with Crippen LogP contribution in [-0.4, -0.2) is 41.5 Å². The maximum atomic E-state index is 12.6. The molecule has 0 bridgehead atoms. The molecule has 6 nitrogen and oxygen atoms in total. The fourth-order valence-corrected chi connectivity index (χ4v) is 3.53. The highest BCUT2D eigenvalue weighted by Crippen LogP contribution is 2.34. The minimum atomic E-state index is -0.162. The third-order valence-corrected chi connectivity index (χ3v) is 4.58. The summed E-state index contributed by atoms with van der Waals surface area (Å²) < 4.78 is 0. The maximum absolute atomic E-state index is 12.6. The number of hydrogen-bond acceptors (Lipinski definition) is 2. The van der Waals surface area contributed by atoms with Crippen LogP contribution in [0.2, 0.25) is 0 Å². The van der Waals surface area contributed by atoms with Gasteiger partial charge in [-0.05, 0) is 43.0 Å². The van der Waals surface area contributed by atoms with E-state index in [0.29, 0.717) is 5.69 Å². The Labute approximate surface area is 141 Å². The van der Waals surface area contributed by atoms with E-state index < -0.39 is 0 Å². The molecule has 24 heavy (non-hydrogen) atoms. The largest absolute Gasteiger partial charge is 0.354 e. The lowest BCUT2D eigenvalue weighted by Gasteiger charge is -2.23. The Morgan fingerprint density at radius 2 is 2.04 bits per heavy atom. The predicted octanol–water partition coefficient (Wildman–Crippen LogP) is 3.18. The highest BCUT2D eigenvalue weighted by atomic mass is 16.2. The van der Waals surface area contributed by atoms with Gasteiger partial charge in [0.1, 0.15) is 5.69 Å². The molecule has 1 unspecified atom stereocenters. The van der Waals surface area contributed by atoms with Crippen LogP contribution in [0.3, 0.4) is 0 Å². The van der Waals surface area contributed by atoms with E-state index in [1.54, 1.807) is 13.1 Å². The molecular weight excluding hydrogens is 304 g/mol. The van der Waals surface area contributed by atoms with Crippen molar-refractivity contribution >= 4 is 28.5 Å². The Morgan fingerprint density at radius 3 is 2.67 bits per heavy atom. The van der Waals surface area contributed by atoms with Crippen LogP contribution in [0.5, 0.6) is 0 Å². The van der Waals surface area contributed by atoms with Gasteiger partial charge in [-0.1, -0.05) is 13.8 Å². The monoisotopic (exact) mass is 328 g/mol. The molecule has 3 rings (SSSR count). The molecule has 6 heteroatoms. The van der Waals surface area contributed by atoms with Gasteiger partial charge in [-0.2, -0.15) is 0 Å². The number of carbonyl (C=O) groups excluding carboxylic acids is 2. The molecule has 1 aliphatic rings. The van der Waals surface area contributed by atoms with Gasteiger partial charge in [0.2, 0.25) is 0 Å². The molecular formula is C18H24N4O2. The standard InChI is InChI=1S/C18H24N4O2/c1-11-9-18(2,3)10-22(11)17(24)20-13-5-6-14-12(7-13)8-15(21-14)16(23)19-4/h5-8,11,21H,9-10H2,1-4H3,(H,19,23)(H,20,24). The van der Waals surface area contributed by atoms with Crippen molar-refractivity contribution in [3.8, 4) is 0 Å². The fraction of sp³-hybridized carbons (Fsp3) is 0.444. The summed E-state index contributed by atoms with van der Waals surface area (Å²) in [6.07, 6.45) is 1.01. The molecule has 0 saturated carbocycles. The normalized spacial score (nSPS) is 19.5. The predicted molar refractivity (Wildman–Crippen MR) is 95.3 cm³/mol. The van der Waals surface area contributed by atoms with E-state index in [9.17, 15) is 9.59 Å². The van der Waals surface area contributed by atoms with Crippen molar-refractivity contribution in [2.45, 2.75) is 33.2 Å². The van der Waals surface area contributed by atoms with E-state index in [1.165, 1.54) is 0 Å². The molecule has 1 fully saturated rings. The van der Waals surface area contributed by atoms with Crippen molar-refractivity contribution in [3.63, 3.8) is 0 Å². The number of aromatic nitrogens is 1. The molecule has 2 heterocycles. The third kappa shape index (κ3) is 3.09. The molecule has 0 spiro atoms. The summed E-state index contributed by atoms with van der Waals surface area (Å²) in [4.78, 5) is 29.2. The molecule has 3 amide bonds. The minimum absolute atomic E-state index is 0.0746. The average Bonchev–Trinajstić information content (AvgIpc) is 3.05. The summed E-state index contributed by atoms with van der Waals surface area (Å²) in [6, 6.07) is 7.53. The molecule has 3 N–H and O–H groups in total. The molecule has 1 saturated heterocycles. The lowest BCUT2D eigenvalue weighted by atomic mass is 9.91. The summed E-state index contributed by atoms with van der Waals surface area (Å²) in [5.41, 5.74) is 2.25. The SMILES string of the molecule is CNC(=O)c1cc2cc(NC(=O)N3CC(C)(C)CC3C)ccc2[nH]1. The zero-order valence-electron chi connectivity index (χ0n) is 14.6. The smallest absolute Gasteiger partial charge is 0.322 e. The summed E-state index contributed by atoms with van der Waals surface area (Å²) in [6.45, 7) is 7.21. The molecule has 1 atom stereocenters. The number of hydrogen-bond donors (Lipinski definition) is 3. The first-order chi connectivity index (χ1) is 11.3. The van der Waals surface area contributed by atoms with Crippen LogP contribution in [0, 0.1) is 5.41 Å². The number of fused-ring (bicyclic) bond motifs is 1. The second kappa shape index (κ2) is 5.85. The van der Waals surface area contributed by atoms with E-state index in [4.69, 9.17) is 0 Å². The zero-order chi connectivity index (χ0) is 17.5. The number of aromatic amines is 1. The zero-order valence-corrected chi connectivity index (χ0v) is 14.6. The molecule has 128 valence electrons. The third-order valence-electron chi connectivity index (χ3n) is 4.58. The number of anilines is 1. The lowest BCUT2D eigenvalue weighted by molar-refractivity contribution is 0.0959. The number of nitrogens with one attached hydrogen (secondary N) is 3. The number of rotatable bonds is 2. The van der Waals surface area contributed by atoms with E-state index in [2.05, 4.69) is 36.4 Å². The van der Waals surface area contributed by atoms with E-state index in [1.807, 2.05) is 23.1 Å². The topological polar surface area (TPSA) is 77.2 Å². The van der Waals surface area contributed by atoms with Gasteiger partial charge >= 0.3 is 6.03 Å². The molecule has 1 aromatic carbocycles. The summed E-state index contributed by atoms with van der Waals surface area (Å²) in [5, 5.41) is 6.45. The maximum Gasteiger partial charge on any atom is 0.322 e. The molecule has 0 radical (unpaired) electrons. The van der Waals surface area contributed by atoms with Crippen molar-refractivity contribution in [1.82, 2.24) is 15.2 Å². The van der Waals surface area contributed by atoms with Crippen molar-refractivity contribution in [1.29, 1.82) is 0 Å². The number of benzene rings is 1. The fourth-order valence-electron chi connectivity index (χ4n) is 3.53. The molecule has 1 aromatic heterocycles. The second-order valence-corrected chi connectivity index (χ2v) is 7.34. The summed E-state index contributed by atoms with van der Waals surface area (Å²) >= 11 is 0. The van der Waals surface area contributed by atoms with Gasteiger partial charge < -0.3 is 20.5 Å². The Bertz CT molecular complexity index is 793. The lowest BCUT2D eigenvalue weighted by Crippen LogP contribution is -2.38. The van der Waals surface area contributed by atoms with Gasteiger partial charge in [-0.3, -0.25) is 4.79 Å². The van der Waals surface area contributed by atoms with Crippen molar-refractivity contribution < 1.29 is 9.59 Å². The van der Waals surface area contributed by atoms with Crippen LogP contribution in [0.25, 0.3) is 10.9 Å². The summed E-state index contributed by atoms with van der Waals surface area (Å²) in [5.74, 6) is -0.162. The van der Waals surface area contributed by atoms with Gasteiger partial charge in [0, 0.05) is 36.2 Å². The van der Waals surface area contributed by atoms with Gasteiger partial charge in [0.25, 0.3) is 5.91 Å². The number of likely N-dealkylation sites (tertiary alicyclic amines) is 1.